The van der Waals surface area contributed by atoms with Crippen LogP contribution in [0, 0.1) is 17.6 Å². The normalized spacial score (nSPS) is 20.5. The third-order valence-corrected chi connectivity index (χ3v) is 7.90. The first-order chi connectivity index (χ1) is 20.2. The number of likely N-dealkylation sites (N-methyl/N-ethyl adjacent to an activating group) is 1. The number of nitrogens with two attached hydrogens (primary N) is 1. The number of carbonyl (C=O) groups is 1. The molecule has 4 aromatic rings. The van der Waals surface area contributed by atoms with Crippen molar-refractivity contribution in [2.75, 3.05) is 26.1 Å². The van der Waals surface area contributed by atoms with Gasteiger partial charge in [-0.05, 0) is 73.1 Å². The van der Waals surface area contributed by atoms with Gasteiger partial charge in [0.25, 0.3) is 0 Å². The van der Waals surface area contributed by atoms with Crippen LogP contribution in [0.1, 0.15) is 43.7 Å². The molecule has 3 N–H and O–H groups in total. The number of methoxy groups -OCH3 is 1. The van der Waals surface area contributed by atoms with Gasteiger partial charge in [-0.2, -0.15) is 9.61 Å². The van der Waals surface area contributed by atoms with Crippen LogP contribution in [0.2, 0.25) is 0 Å². The lowest BCUT2D eigenvalue weighted by molar-refractivity contribution is 0.0778. The molecule has 1 unspecified atom stereocenters. The fraction of sp³-hybridized carbons (Fsp3) is 0.400. The second-order valence-electron chi connectivity index (χ2n) is 10.7. The molecule has 1 saturated carbocycles. The monoisotopic (exact) mass is 579 g/mol. The summed E-state index contributed by atoms with van der Waals surface area (Å²) in [7, 11) is 3.07. The van der Waals surface area contributed by atoms with Crippen molar-refractivity contribution in [2.45, 2.75) is 51.3 Å². The van der Waals surface area contributed by atoms with Crippen molar-refractivity contribution in [3.63, 3.8) is 0 Å². The van der Waals surface area contributed by atoms with Crippen molar-refractivity contribution in [2.24, 2.45) is 11.7 Å². The Balaban J connectivity index is 1.42. The Morgan fingerprint density at radius 3 is 2.64 bits per heavy atom. The van der Waals surface area contributed by atoms with Crippen LogP contribution in [-0.4, -0.2) is 63.4 Å². The summed E-state index contributed by atoms with van der Waals surface area (Å²) < 4.78 is 41.8. The number of imidazole rings is 1. The van der Waals surface area contributed by atoms with Crippen LogP contribution in [0.25, 0.3) is 16.8 Å². The highest BCUT2D eigenvalue weighted by Gasteiger charge is 2.39. The zero-order valence-corrected chi connectivity index (χ0v) is 24.1. The van der Waals surface area contributed by atoms with Gasteiger partial charge in [-0.15, -0.1) is 0 Å². The summed E-state index contributed by atoms with van der Waals surface area (Å²) in [5.74, 6) is -0.869. The molecule has 10 nitrogen and oxygen atoms in total. The summed E-state index contributed by atoms with van der Waals surface area (Å²) in [6.07, 6.45) is 6.09. The van der Waals surface area contributed by atoms with Crippen LogP contribution < -0.4 is 11.1 Å². The Kier molecular flexibility index (Phi) is 8.64. The highest BCUT2D eigenvalue weighted by Crippen LogP contribution is 2.40. The van der Waals surface area contributed by atoms with Crippen LogP contribution in [0.3, 0.4) is 0 Å². The molecule has 42 heavy (non-hydrogen) atoms. The quantitative estimate of drug-likeness (QED) is 0.290. The lowest BCUT2D eigenvalue weighted by Crippen LogP contribution is -2.55. The minimum atomic E-state index is -0.723. The molecule has 12 heteroatoms. The van der Waals surface area contributed by atoms with Gasteiger partial charge in [0, 0.05) is 25.9 Å². The van der Waals surface area contributed by atoms with Gasteiger partial charge in [-0.25, -0.2) is 18.6 Å². The molecule has 222 valence electrons. The number of fused-ring (bicyclic) bond motifs is 1. The SMILES string of the molecule is CCOCc1cc(F)c(-c2ccc3cnc(Nc4cnccc4C4C[C@@H](N)[C@@H](N(C)C(=O)OC)[C@@H](C)C4)n3n2)c(F)c1. The molecule has 3 heterocycles. The average Bonchev–Trinajstić information content (AvgIpc) is 3.37. The van der Waals surface area contributed by atoms with E-state index in [1.807, 2.05) is 13.0 Å². The van der Waals surface area contributed by atoms with Gasteiger partial charge in [-0.1, -0.05) is 6.92 Å². The Labute approximate surface area is 242 Å². The van der Waals surface area contributed by atoms with Crippen molar-refractivity contribution in [1.82, 2.24) is 24.5 Å². The number of benzene rings is 1. The van der Waals surface area contributed by atoms with Gasteiger partial charge >= 0.3 is 6.09 Å². The molecule has 0 spiro atoms. The third kappa shape index (κ3) is 5.77. The van der Waals surface area contributed by atoms with E-state index in [0.717, 1.165) is 17.7 Å². The minimum Gasteiger partial charge on any atom is -0.453 e. The third-order valence-electron chi connectivity index (χ3n) is 7.90. The Bertz CT molecular complexity index is 1540. The van der Waals surface area contributed by atoms with E-state index in [1.165, 1.54) is 23.8 Å². The number of nitrogens with zero attached hydrogens (tertiary/aromatic N) is 5. The van der Waals surface area contributed by atoms with Gasteiger partial charge in [0.05, 0.1) is 54.6 Å². The summed E-state index contributed by atoms with van der Waals surface area (Å²) >= 11 is 0. The fourth-order valence-corrected chi connectivity index (χ4v) is 6.02. The predicted molar refractivity (Wildman–Crippen MR) is 154 cm³/mol. The van der Waals surface area contributed by atoms with E-state index in [9.17, 15) is 4.79 Å². The fourth-order valence-electron chi connectivity index (χ4n) is 6.02. The number of hydrogen-bond donors (Lipinski definition) is 2. The first kappa shape index (κ1) is 29.3. The summed E-state index contributed by atoms with van der Waals surface area (Å²) in [5.41, 5.74) is 9.27. The van der Waals surface area contributed by atoms with E-state index < -0.39 is 17.7 Å². The molecule has 0 radical (unpaired) electrons. The summed E-state index contributed by atoms with van der Waals surface area (Å²) in [4.78, 5) is 22.5. The maximum atomic E-state index is 15.0. The second kappa shape index (κ2) is 12.4. The van der Waals surface area contributed by atoms with E-state index in [1.54, 1.807) is 42.7 Å². The van der Waals surface area contributed by atoms with E-state index in [2.05, 4.69) is 27.3 Å². The topological polar surface area (TPSA) is 120 Å². The molecule has 0 bridgehead atoms. The zero-order valence-electron chi connectivity index (χ0n) is 24.1. The van der Waals surface area contributed by atoms with Crippen LogP contribution in [0.5, 0.6) is 0 Å². The van der Waals surface area contributed by atoms with Gasteiger partial charge in [-0.3, -0.25) is 4.98 Å². The van der Waals surface area contributed by atoms with E-state index >= 15 is 8.78 Å². The van der Waals surface area contributed by atoms with Crippen LogP contribution in [0.15, 0.2) is 48.9 Å². The van der Waals surface area contributed by atoms with Crippen LogP contribution >= 0.6 is 0 Å². The van der Waals surface area contributed by atoms with Crippen molar-refractivity contribution in [3.8, 4) is 11.3 Å². The number of aromatic nitrogens is 4. The van der Waals surface area contributed by atoms with Gasteiger partial charge in [0.1, 0.15) is 11.6 Å². The van der Waals surface area contributed by atoms with Crippen LogP contribution in [-0.2, 0) is 16.1 Å². The summed E-state index contributed by atoms with van der Waals surface area (Å²) in [6.45, 7) is 4.46. The molecule has 1 aliphatic rings. The smallest absolute Gasteiger partial charge is 0.409 e. The van der Waals surface area contributed by atoms with E-state index in [0.29, 0.717) is 30.1 Å². The summed E-state index contributed by atoms with van der Waals surface area (Å²) in [6, 6.07) is 7.32. The number of carbonyl (C=O) groups excluding carboxylic acids is 1. The largest absolute Gasteiger partial charge is 0.453 e. The maximum Gasteiger partial charge on any atom is 0.409 e. The molecule has 4 atom stereocenters. The Hall–Kier alpha value is -4.16. The predicted octanol–water partition coefficient (Wildman–Crippen LogP) is 5.26. The zero-order chi connectivity index (χ0) is 30.0. The molecule has 0 aliphatic heterocycles. The molecule has 3 aromatic heterocycles. The first-order valence-corrected chi connectivity index (χ1v) is 13.9. The molecule has 1 aromatic carbocycles. The Morgan fingerprint density at radius 1 is 1.19 bits per heavy atom. The Morgan fingerprint density at radius 2 is 1.95 bits per heavy atom. The van der Waals surface area contributed by atoms with Crippen LogP contribution in [0.4, 0.5) is 25.2 Å². The average molecular weight is 580 g/mol. The number of halogens is 2. The van der Waals surface area contributed by atoms with Gasteiger partial charge in [0.2, 0.25) is 5.95 Å². The first-order valence-electron chi connectivity index (χ1n) is 13.9. The van der Waals surface area contributed by atoms with Crippen molar-refractivity contribution in [3.05, 3.63) is 71.7 Å². The number of ether oxygens (including phenoxy) is 2. The number of hydrogen-bond acceptors (Lipinski definition) is 8. The van der Waals surface area contributed by atoms with Crippen molar-refractivity contribution in [1.29, 1.82) is 0 Å². The highest BCUT2D eigenvalue weighted by atomic mass is 19.1. The lowest BCUT2D eigenvalue weighted by atomic mass is 9.73. The van der Waals surface area contributed by atoms with E-state index in [4.69, 9.17) is 15.2 Å². The van der Waals surface area contributed by atoms with Gasteiger partial charge < -0.3 is 25.4 Å². The van der Waals surface area contributed by atoms with Crippen molar-refractivity contribution >= 4 is 23.2 Å². The van der Waals surface area contributed by atoms with E-state index in [-0.39, 0.29) is 41.8 Å². The molecule has 1 amide bonds. The van der Waals surface area contributed by atoms with Crippen molar-refractivity contribution < 1.29 is 23.0 Å². The molecule has 1 aliphatic carbocycles. The lowest BCUT2D eigenvalue weighted by Gasteiger charge is -2.43. The number of pyridine rings is 1. The molecule has 5 rings (SSSR count). The maximum absolute atomic E-state index is 15.0. The standard InChI is InChI=1S/C30H35F2N7O3/c1-5-42-16-18-11-22(31)27(23(32)12-18)25-7-6-20-14-35-29(39(20)37-25)36-26-15-34-9-8-21(26)19-10-17(2)28(24(33)13-19)38(3)30(40)41-4/h6-9,11-12,14-15,17,19,24,28H,5,10,13,16,33H2,1-4H3,(H,35,36)/t17-,19?,24+,28-/m0/s1. The molecular formula is C30H35F2N7O3. The molecule has 0 saturated heterocycles. The summed E-state index contributed by atoms with van der Waals surface area (Å²) in [5, 5.41) is 7.85. The molecule has 1 fully saturated rings. The minimum absolute atomic E-state index is 0.0935. The number of anilines is 2. The number of amides is 1. The second-order valence-corrected chi connectivity index (χ2v) is 10.7. The molecular weight excluding hydrogens is 544 g/mol. The van der Waals surface area contributed by atoms with Gasteiger partial charge in [0.15, 0.2) is 0 Å². The number of nitrogens with one attached hydrogen (secondary N) is 1. The number of rotatable bonds is 8. The highest BCUT2D eigenvalue weighted by molar-refractivity contribution is 5.68.